The molecule has 1 N–H and O–H groups in total. The minimum absolute atomic E-state index is 0.0720. The van der Waals surface area contributed by atoms with Gasteiger partial charge in [-0.2, -0.15) is 0 Å². The highest BCUT2D eigenvalue weighted by Crippen LogP contribution is 2.27. The van der Waals surface area contributed by atoms with Crippen molar-refractivity contribution in [3.8, 4) is 5.75 Å². The molecule has 110 valence electrons. The highest BCUT2D eigenvalue weighted by atomic mass is 16.6. The molecule has 0 amide bonds. The van der Waals surface area contributed by atoms with E-state index in [0.29, 0.717) is 19.7 Å². The SMILES string of the molecule is CCOC(=O)CCNCc1ccc(OC)c([N+](=O)[O-])c1. The summed E-state index contributed by atoms with van der Waals surface area (Å²) in [6, 6.07) is 4.75. The second-order valence-electron chi connectivity index (χ2n) is 4.00. The highest BCUT2D eigenvalue weighted by molar-refractivity contribution is 5.69. The van der Waals surface area contributed by atoms with Crippen LogP contribution in [0.4, 0.5) is 5.69 Å². The molecule has 20 heavy (non-hydrogen) atoms. The third-order valence-electron chi connectivity index (χ3n) is 2.58. The van der Waals surface area contributed by atoms with Gasteiger partial charge in [-0.15, -0.1) is 0 Å². The summed E-state index contributed by atoms with van der Waals surface area (Å²) in [4.78, 5) is 21.5. The maximum absolute atomic E-state index is 11.1. The van der Waals surface area contributed by atoms with Crippen LogP contribution in [-0.4, -0.2) is 31.2 Å². The van der Waals surface area contributed by atoms with Gasteiger partial charge < -0.3 is 14.8 Å². The fraction of sp³-hybridized carbons (Fsp3) is 0.462. The van der Waals surface area contributed by atoms with Gasteiger partial charge in [0.1, 0.15) is 0 Å². The fourth-order valence-electron chi connectivity index (χ4n) is 1.64. The Kier molecular flexibility index (Phi) is 6.45. The normalized spacial score (nSPS) is 10.1. The number of benzene rings is 1. The molecule has 0 aliphatic carbocycles. The van der Waals surface area contributed by atoms with E-state index in [0.717, 1.165) is 5.56 Å². The lowest BCUT2D eigenvalue weighted by Gasteiger charge is -2.06. The molecular weight excluding hydrogens is 264 g/mol. The first-order chi connectivity index (χ1) is 9.58. The number of methoxy groups -OCH3 is 1. The van der Waals surface area contributed by atoms with Crippen LogP contribution < -0.4 is 10.1 Å². The zero-order valence-electron chi connectivity index (χ0n) is 11.5. The number of hydrogen-bond acceptors (Lipinski definition) is 6. The average molecular weight is 282 g/mol. The van der Waals surface area contributed by atoms with Gasteiger partial charge in [-0.25, -0.2) is 0 Å². The van der Waals surface area contributed by atoms with E-state index >= 15 is 0 Å². The minimum Gasteiger partial charge on any atom is -0.490 e. The molecule has 7 nitrogen and oxygen atoms in total. The summed E-state index contributed by atoms with van der Waals surface area (Å²) in [7, 11) is 1.39. The standard InChI is InChI=1S/C13H18N2O5/c1-3-20-13(16)6-7-14-9-10-4-5-12(19-2)11(8-10)15(17)18/h4-5,8,14H,3,6-7,9H2,1-2H3. The maximum Gasteiger partial charge on any atom is 0.311 e. The van der Waals surface area contributed by atoms with Crippen LogP contribution in [-0.2, 0) is 16.1 Å². The first kappa shape index (κ1) is 15.9. The lowest BCUT2D eigenvalue weighted by molar-refractivity contribution is -0.385. The van der Waals surface area contributed by atoms with Crippen molar-refractivity contribution in [2.24, 2.45) is 0 Å². The molecule has 0 atom stereocenters. The molecule has 0 spiro atoms. The quantitative estimate of drug-likeness (QED) is 0.337. The first-order valence-electron chi connectivity index (χ1n) is 6.26. The monoisotopic (exact) mass is 282 g/mol. The molecule has 0 aromatic heterocycles. The number of ether oxygens (including phenoxy) is 2. The van der Waals surface area contributed by atoms with Crippen molar-refractivity contribution in [2.45, 2.75) is 19.9 Å². The third-order valence-corrected chi connectivity index (χ3v) is 2.58. The Morgan fingerprint density at radius 2 is 2.20 bits per heavy atom. The van der Waals surface area contributed by atoms with Gasteiger partial charge in [0.05, 0.1) is 25.1 Å². The van der Waals surface area contributed by atoms with Crippen LogP contribution in [0, 0.1) is 10.1 Å². The molecule has 1 aromatic carbocycles. The molecule has 0 fully saturated rings. The Hall–Kier alpha value is -2.15. The van der Waals surface area contributed by atoms with Gasteiger partial charge in [0.25, 0.3) is 0 Å². The Morgan fingerprint density at radius 3 is 2.80 bits per heavy atom. The summed E-state index contributed by atoms with van der Waals surface area (Å²) in [5.74, 6) is -0.0361. The number of nitro benzene ring substituents is 1. The van der Waals surface area contributed by atoms with Crippen molar-refractivity contribution in [3.05, 3.63) is 33.9 Å². The number of carbonyl (C=O) groups is 1. The predicted octanol–water partition coefficient (Wildman–Crippen LogP) is 1.65. The number of rotatable bonds is 8. The first-order valence-corrected chi connectivity index (χ1v) is 6.26. The van der Waals surface area contributed by atoms with Gasteiger partial charge in [-0.1, -0.05) is 6.07 Å². The van der Waals surface area contributed by atoms with E-state index in [-0.39, 0.29) is 23.8 Å². The van der Waals surface area contributed by atoms with Crippen LogP contribution in [0.25, 0.3) is 0 Å². The summed E-state index contributed by atoms with van der Waals surface area (Å²) < 4.78 is 9.71. The molecular formula is C13H18N2O5. The molecule has 7 heteroatoms. The molecule has 0 radical (unpaired) electrons. The van der Waals surface area contributed by atoms with E-state index in [1.54, 1.807) is 19.1 Å². The Bertz CT molecular complexity index is 476. The van der Waals surface area contributed by atoms with E-state index in [1.165, 1.54) is 13.2 Å². The van der Waals surface area contributed by atoms with Gasteiger partial charge in [-0.3, -0.25) is 14.9 Å². The lowest BCUT2D eigenvalue weighted by Crippen LogP contribution is -2.19. The van der Waals surface area contributed by atoms with Crippen molar-refractivity contribution in [2.75, 3.05) is 20.3 Å². The number of nitro groups is 1. The van der Waals surface area contributed by atoms with Crippen LogP contribution in [0.1, 0.15) is 18.9 Å². The summed E-state index contributed by atoms with van der Waals surface area (Å²) in [5.41, 5.74) is 0.679. The summed E-state index contributed by atoms with van der Waals surface area (Å²) >= 11 is 0. The molecule has 0 heterocycles. The van der Waals surface area contributed by atoms with Crippen molar-refractivity contribution in [3.63, 3.8) is 0 Å². The van der Waals surface area contributed by atoms with Gasteiger partial charge in [-0.05, 0) is 18.6 Å². The number of carbonyl (C=O) groups excluding carboxylic acids is 1. The smallest absolute Gasteiger partial charge is 0.311 e. The van der Waals surface area contributed by atoms with Gasteiger partial charge in [0, 0.05) is 19.2 Å². The zero-order chi connectivity index (χ0) is 15.0. The van der Waals surface area contributed by atoms with Crippen LogP contribution in [0.3, 0.4) is 0 Å². The maximum atomic E-state index is 11.1. The Labute approximate surface area is 117 Å². The predicted molar refractivity (Wildman–Crippen MR) is 72.6 cm³/mol. The molecule has 0 aliphatic rings. The van der Waals surface area contributed by atoms with E-state index in [1.807, 2.05) is 0 Å². The lowest BCUT2D eigenvalue weighted by atomic mass is 10.2. The van der Waals surface area contributed by atoms with Gasteiger partial charge in [0.2, 0.25) is 0 Å². The molecule has 1 rings (SSSR count). The second kappa shape index (κ2) is 8.11. The fourth-order valence-corrected chi connectivity index (χ4v) is 1.64. The van der Waals surface area contributed by atoms with Crippen LogP contribution in [0.15, 0.2) is 18.2 Å². The second-order valence-corrected chi connectivity index (χ2v) is 4.00. The third kappa shape index (κ3) is 4.85. The van der Waals surface area contributed by atoms with E-state index in [2.05, 4.69) is 5.32 Å². The number of hydrogen-bond donors (Lipinski definition) is 1. The Balaban J connectivity index is 2.50. The van der Waals surface area contributed by atoms with Gasteiger partial charge in [0.15, 0.2) is 5.75 Å². The van der Waals surface area contributed by atoms with E-state index in [9.17, 15) is 14.9 Å². The zero-order valence-corrected chi connectivity index (χ0v) is 11.5. The van der Waals surface area contributed by atoms with Gasteiger partial charge >= 0.3 is 11.7 Å². The summed E-state index contributed by atoms with van der Waals surface area (Å²) in [6.07, 6.45) is 0.270. The average Bonchev–Trinajstić information content (AvgIpc) is 2.43. The molecule has 0 saturated heterocycles. The summed E-state index contributed by atoms with van der Waals surface area (Å²) in [6.45, 7) is 3.01. The van der Waals surface area contributed by atoms with Crippen molar-refractivity contribution in [1.82, 2.24) is 5.32 Å². The molecule has 0 bridgehead atoms. The van der Waals surface area contributed by atoms with E-state index < -0.39 is 4.92 Å². The highest BCUT2D eigenvalue weighted by Gasteiger charge is 2.14. The molecule has 0 saturated carbocycles. The van der Waals surface area contributed by atoms with Crippen LogP contribution >= 0.6 is 0 Å². The molecule has 0 aliphatic heterocycles. The summed E-state index contributed by atoms with van der Waals surface area (Å²) in [5, 5.41) is 13.9. The minimum atomic E-state index is -0.485. The van der Waals surface area contributed by atoms with Crippen molar-refractivity contribution < 1.29 is 19.2 Å². The topological polar surface area (TPSA) is 90.7 Å². The van der Waals surface area contributed by atoms with Crippen molar-refractivity contribution in [1.29, 1.82) is 0 Å². The molecule has 0 unspecified atom stereocenters. The van der Waals surface area contributed by atoms with Crippen LogP contribution in [0.5, 0.6) is 5.75 Å². The largest absolute Gasteiger partial charge is 0.490 e. The number of nitrogens with one attached hydrogen (secondary N) is 1. The number of nitrogens with zero attached hydrogens (tertiary/aromatic N) is 1. The molecule has 1 aromatic rings. The van der Waals surface area contributed by atoms with Crippen molar-refractivity contribution >= 4 is 11.7 Å². The Morgan fingerprint density at radius 1 is 1.45 bits per heavy atom. The van der Waals surface area contributed by atoms with E-state index in [4.69, 9.17) is 9.47 Å². The number of esters is 1. The van der Waals surface area contributed by atoms with Crippen LogP contribution in [0.2, 0.25) is 0 Å².